The molecule has 0 fully saturated rings. The number of hydrogen-bond donors (Lipinski definition) is 1. The molecule has 0 aromatic carbocycles. The van der Waals surface area contributed by atoms with Gasteiger partial charge in [0.1, 0.15) is 11.5 Å². The minimum Gasteiger partial charge on any atom is -0.369 e. The quantitative estimate of drug-likeness (QED) is 0.854. The largest absolute Gasteiger partial charge is 0.369 e. The second-order valence-electron chi connectivity index (χ2n) is 3.25. The first-order chi connectivity index (χ1) is 8.22. The molecule has 2 rings (SSSR count). The molecule has 0 aliphatic rings. The van der Waals surface area contributed by atoms with E-state index in [4.69, 9.17) is 11.6 Å². The standard InChI is InChI=1S/C11H10ClIN4/c1-2-14-10-8(13)6-16-11(17-10)9-7(12)4-3-5-15-9/h3-6H,2H2,1H3,(H,14,16,17). The van der Waals surface area contributed by atoms with E-state index in [0.29, 0.717) is 16.5 Å². The lowest BCUT2D eigenvalue weighted by molar-refractivity contribution is 1.09. The van der Waals surface area contributed by atoms with Gasteiger partial charge in [0.15, 0.2) is 5.82 Å². The van der Waals surface area contributed by atoms with Gasteiger partial charge in [-0.05, 0) is 41.6 Å². The smallest absolute Gasteiger partial charge is 0.181 e. The summed E-state index contributed by atoms with van der Waals surface area (Å²) in [6.07, 6.45) is 3.43. The monoisotopic (exact) mass is 360 g/mol. The van der Waals surface area contributed by atoms with Gasteiger partial charge in [-0.25, -0.2) is 9.97 Å². The molecule has 0 aliphatic heterocycles. The van der Waals surface area contributed by atoms with Crippen molar-refractivity contribution in [2.75, 3.05) is 11.9 Å². The Labute approximate surface area is 118 Å². The SMILES string of the molecule is CCNc1nc(-c2ncccc2Cl)ncc1I. The highest BCUT2D eigenvalue weighted by Crippen LogP contribution is 2.24. The first-order valence-electron chi connectivity index (χ1n) is 5.09. The highest BCUT2D eigenvalue weighted by Gasteiger charge is 2.10. The molecule has 17 heavy (non-hydrogen) atoms. The second-order valence-corrected chi connectivity index (χ2v) is 4.82. The molecular weight excluding hydrogens is 351 g/mol. The Bertz CT molecular complexity index is 533. The normalized spacial score (nSPS) is 10.3. The van der Waals surface area contributed by atoms with E-state index in [-0.39, 0.29) is 0 Å². The van der Waals surface area contributed by atoms with Crippen LogP contribution < -0.4 is 5.32 Å². The molecule has 0 unspecified atom stereocenters. The van der Waals surface area contributed by atoms with Crippen molar-refractivity contribution in [2.45, 2.75) is 6.92 Å². The minimum absolute atomic E-state index is 0.534. The van der Waals surface area contributed by atoms with Gasteiger partial charge in [-0.2, -0.15) is 0 Å². The molecule has 0 saturated heterocycles. The summed E-state index contributed by atoms with van der Waals surface area (Å²) in [5.41, 5.74) is 0.602. The van der Waals surface area contributed by atoms with Gasteiger partial charge in [-0.1, -0.05) is 11.6 Å². The zero-order valence-corrected chi connectivity index (χ0v) is 12.0. The van der Waals surface area contributed by atoms with Gasteiger partial charge < -0.3 is 5.32 Å². The van der Waals surface area contributed by atoms with E-state index in [2.05, 4.69) is 42.9 Å². The first kappa shape index (κ1) is 12.5. The average Bonchev–Trinajstić information content (AvgIpc) is 2.33. The van der Waals surface area contributed by atoms with Gasteiger partial charge in [-0.15, -0.1) is 0 Å². The van der Waals surface area contributed by atoms with Crippen LogP contribution in [-0.2, 0) is 0 Å². The second kappa shape index (κ2) is 5.59. The number of pyridine rings is 1. The van der Waals surface area contributed by atoms with Gasteiger partial charge in [0.05, 0.1) is 8.59 Å². The van der Waals surface area contributed by atoms with Crippen LogP contribution in [0.4, 0.5) is 5.82 Å². The molecule has 1 N–H and O–H groups in total. The third kappa shape index (κ3) is 2.84. The lowest BCUT2D eigenvalue weighted by Crippen LogP contribution is -2.04. The summed E-state index contributed by atoms with van der Waals surface area (Å²) < 4.78 is 0.972. The first-order valence-corrected chi connectivity index (χ1v) is 6.55. The van der Waals surface area contributed by atoms with E-state index in [1.54, 1.807) is 24.5 Å². The van der Waals surface area contributed by atoms with E-state index in [9.17, 15) is 0 Å². The lowest BCUT2D eigenvalue weighted by atomic mass is 10.3. The van der Waals surface area contributed by atoms with E-state index in [1.807, 2.05) is 6.92 Å². The summed E-state index contributed by atoms with van der Waals surface area (Å²) in [7, 11) is 0. The fourth-order valence-electron chi connectivity index (χ4n) is 1.32. The lowest BCUT2D eigenvalue weighted by Gasteiger charge is -2.07. The predicted molar refractivity (Wildman–Crippen MR) is 77.2 cm³/mol. The van der Waals surface area contributed by atoms with Crippen LogP contribution in [0.15, 0.2) is 24.5 Å². The van der Waals surface area contributed by atoms with E-state index in [0.717, 1.165) is 15.9 Å². The Morgan fingerprint density at radius 3 is 2.94 bits per heavy atom. The number of aromatic nitrogens is 3. The zero-order valence-electron chi connectivity index (χ0n) is 9.11. The summed E-state index contributed by atoms with van der Waals surface area (Å²) in [5, 5.41) is 3.73. The molecule has 2 aromatic rings. The topological polar surface area (TPSA) is 50.7 Å². The van der Waals surface area contributed by atoms with Crippen LogP contribution in [0.5, 0.6) is 0 Å². The van der Waals surface area contributed by atoms with Crippen molar-refractivity contribution in [3.8, 4) is 11.5 Å². The van der Waals surface area contributed by atoms with Crippen LogP contribution in [0.25, 0.3) is 11.5 Å². The molecular formula is C11H10ClIN4. The maximum absolute atomic E-state index is 6.06. The molecule has 0 amide bonds. The van der Waals surface area contributed by atoms with Crippen LogP contribution >= 0.6 is 34.2 Å². The van der Waals surface area contributed by atoms with Gasteiger partial charge in [0, 0.05) is 18.9 Å². The van der Waals surface area contributed by atoms with Gasteiger partial charge in [0.2, 0.25) is 0 Å². The molecule has 0 spiro atoms. The third-order valence-corrected chi connectivity index (χ3v) is 3.15. The molecule has 2 heterocycles. The van der Waals surface area contributed by atoms with Crippen molar-refractivity contribution in [1.29, 1.82) is 0 Å². The number of nitrogens with zero attached hydrogens (tertiary/aromatic N) is 3. The number of anilines is 1. The molecule has 0 bridgehead atoms. The van der Waals surface area contributed by atoms with Crippen LogP contribution in [0.2, 0.25) is 5.02 Å². The number of nitrogens with one attached hydrogen (secondary N) is 1. The predicted octanol–water partition coefficient (Wildman–Crippen LogP) is 3.23. The van der Waals surface area contributed by atoms with Crippen molar-refractivity contribution in [3.63, 3.8) is 0 Å². The summed E-state index contributed by atoms with van der Waals surface area (Å²) >= 11 is 8.25. The molecule has 0 atom stereocenters. The van der Waals surface area contributed by atoms with Crippen molar-refractivity contribution >= 4 is 40.0 Å². The van der Waals surface area contributed by atoms with Crippen LogP contribution in [0.3, 0.4) is 0 Å². The number of rotatable bonds is 3. The maximum Gasteiger partial charge on any atom is 0.181 e. The Kier molecular flexibility index (Phi) is 4.11. The molecule has 88 valence electrons. The molecule has 0 aliphatic carbocycles. The molecule has 2 aromatic heterocycles. The molecule has 0 saturated carbocycles. The zero-order chi connectivity index (χ0) is 12.3. The van der Waals surface area contributed by atoms with Gasteiger partial charge in [0.25, 0.3) is 0 Å². The molecule has 0 radical (unpaired) electrons. The van der Waals surface area contributed by atoms with Crippen molar-refractivity contribution in [1.82, 2.24) is 15.0 Å². The maximum atomic E-state index is 6.06. The average molecular weight is 361 g/mol. The van der Waals surface area contributed by atoms with Crippen LogP contribution in [0, 0.1) is 3.57 Å². The van der Waals surface area contributed by atoms with E-state index < -0.39 is 0 Å². The van der Waals surface area contributed by atoms with E-state index >= 15 is 0 Å². The fourth-order valence-corrected chi connectivity index (χ4v) is 1.98. The Morgan fingerprint density at radius 1 is 1.41 bits per heavy atom. The summed E-state index contributed by atoms with van der Waals surface area (Å²) in [5.74, 6) is 1.34. The van der Waals surface area contributed by atoms with Crippen LogP contribution in [0.1, 0.15) is 6.92 Å². The number of hydrogen-bond acceptors (Lipinski definition) is 4. The molecule has 6 heteroatoms. The Morgan fingerprint density at radius 2 is 2.24 bits per heavy atom. The summed E-state index contributed by atoms with van der Waals surface area (Å²) in [6.45, 7) is 2.83. The fraction of sp³-hybridized carbons (Fsp3) is 0.182. The Balaban J connectivity index is 2.46. The van der Waals surface area contributed by atoms with Crippen molar-refractivity contribution in [3.05, 3.63) is 33.1 Å². The third-order valence-electron chi connectivity index (χ3n) is 2.06. The number of halogens is 2. The summed E-state index contributed by atoms with van der Waals surface area (Å²) in [6, 6.07) is 3.56. The summed E-state index contributed by atoms with van der Waals surface area (Å²) in [4.78, 5) is 12.9. The van der Waals surface area contributed by atoms with E-state index in [1.165, 1.54) is 0 Å². The highest BCUT2D eigenvalue weighted by molar-refractivity contribution is 14.1. The van der Waals surface area contributed by atoms with Crippen molar-refractivity contribution in [2.24, 2.45) is 0 Å². The minimum atomic E-state index is 0.534. The van der Waals surface area contributed by atoms with Gasteiger partial charge in [-0.3, -0.25) is 4.98 Å². The highest BCUT2D eigenvalue weighted by atomic mass is 127. The van der Waals surface area contributed by atoms with Crippen molar-refractivity contribution < 1.29 is 0 Å². The molecule has 4 nitrogen and oxygen atoms in total. The van der Waals surface area contributed by atoms with Gasteiger partial charge >= 0.3 is 0 Å². The Hall–Kier alpha value is -0.950. The van der Waals surface area contributed by atoms with Crippen LogP contribution in [-0.4, -0.2) is 21.5 Å².